The van der Waals surface area contributed by atoms with Crippen molar-refractivity contribution in [1.29, 1.82) is 0 Å². The minimum Gasteiger partial charge on any atom is -0.480 e. The Kier molecular flexibility index (Phi) is 2.65. The second-order valence-electron chi connectivity index (χ2n) is 2.85. The number of likely N-dealkylation sites (tertiary alicyclic amines) is 1. The number of hydrogen-bond donors (Lipinski definition) is 2. The Morgan fingerprint density at radius 2 is 1.83 bits per heavy atom. The number of amides is 1. The number of carbonyl (C=O) groups excluding carboxylic acids is 1. The number of carboxylic acid groups (broad SMARTS) is 1. The summed E-state index contributed by atoms with van der Waals surface area (Å²) in [5, 5.41) is 8.44. The number of nitrogens with zero attached hydrogens (tertiary/aromatic N) is 1. The molecule has 0 spiro atoms. The normalized spacial score (nSPS) is 19.2. The zero-order valence-electron chi connectivity index (χ0n) is 6.69. The highest BCUT2D eigenvalue weighted by Gasteiger charge is 2.28. The van der Waals surface area contributed by atoms with E-state index in [0.29, 0.717) is 13.1 Å². The average molecular weight is 172 g/mol. The third-order valence-electron chi connectivity index (χ3n) is 1.95. The molecule has 3 N–H and O–H groups in total. The number of hydrogen-bond acceptors (Lipinski definition) is 3. The maximum Gasteiger partial charge on any atom is 0.330 e. The van der Waals surface area contributed by atoms with E-state index in [1.807, 2.05) is 0 Å². The van der Waals surface area contributed by atoms with Crippen molar-refractivity contribution in [2.45, 2.75) is 18.9 Å². The predicted octanol–water partition coefficient (Wildman–Crippen LogP) is -0.979. The van der Waals surface area contributed by atoms with E-state index in [4.69, 9.17) is 10.8 Å². The van der Waals surface area contributed by atoms with E-state index >= 15 is 0 Å². The predicted molar refractivity (Wildman–Crippen MR) is 41.4 cm³/mol. The summed E-state index contributed by atoms with van der Waals surface area (Å²) in [6.07, 6.45) is 1.89. The van der Waals surface area contributed by atoms with Crippen LogP contribution in [0.4, 0.5) is 0 Å². The Balaban J connectivity index is 2.51. The average Bonchev–Trinajstić information content (AvgIpc) is 2.53. The Bertz CT molecular complexity index is 199. The molecule has 0 aromatic rings. The van der Waals surface area contributed by atoms with Crippen molar-refractivity contribution in [3.63, 3.8) is 0 Å². The third kappa shape index (κ3) is 1.73. The highest BCUT2D eigenvalue weighted by Crippen LogP contribution is 2.08. The largest absolute Gasteiger partial charge is 0.480 e. The Labute approximate surface area is 70.1 Å². The highest BCUT2D eigenvalue weighted by molar-refractivity contribution is 6.00. The maximum absolute atomic E-state index is 11.2. The molecule has 0 aromatic carbocycles. The molecule has 0 bridgehead atoms. The molecule has 1 aliphatic rings. The van der Waals surface area contributed by atoms with E-state index in [1.54, 1.807) is 0 Å². The van der Waals surface area contributed by atoms with E-state index in [9.17, 15) is 9.59 Å². The fourth-order valence-electron chi connectivity index (χ4n) is 1.24. The maximum atomic E-state index is 11.2. The SMILES string of the molecule is NC(C(=O)O)C(=O)N1CCCC1. The van der Waals surface area contributed by atoms with Crippen molar-refractivity contribution in [3.8, 4) is 0 Å². The standard InChI is InChI=1S/C7H12N2O3/c8-5(7(11)12)6(10)9-3-1-2-4-9/h5H,1-4,8H2,(H,11,12). The van der Waals surface area contributed by atoms with Gasteiger partial charge in [-0.3, -0.25) is 4.79 Å². The minimum absolute atomic E-state index is 0.472. The smallest absolute Gasteiger partial charge is 0.330 e. The summed E-state index contributed by atoms with van der Waals surface area (Å²) >= 11 is 0. The van der Waals surface area contributed by atoms with Crippen molar-refractivity contribution >= 4 is 11.9 Å². The van der Waals surface area contributed by atoms with Gasteiger partial charge < -0.3 is 15.7 Å². The quantitative estimate of drug-likeness (QED) is 0.524. The summed E-state index contributed by atoms with van der Waals surface area (Å²) in [6.45, 7) is 1.28. The molecule has 1 saturated heterocycles. The first-order valence-electron chi connectivity index (χ1n) is 3.90. The van der Waals surface area contributed by atoms with E-state index in [-0.39, 0.29) is 0 Å². The summed E-state index contributed by atoms with van der Waals surface area (Å²) in [6, 6.07) is -1.39. The van der Waals surface area contributed by atoms with Crippen LogP contribution in [0.25, 0.3) is 0 Å². The second kappa shape index (κ2) is 3.53. The molecule has 0 aromatic heterocycles. The van der Waals surface area contributed by atoms with Gasteiger partial charge in [0, 0.05) is 13.1 Å². The van der Waals surface area contributed by atoms with Gasteiger partial charge in [-0.15, -0.1) is 0 Å². The fraction of sp³-hybridized carbons (Fsp3) is 0.714. The van der Waals surface area contributed by atoms with Gasteiger partial charge in [0.25, 0.3) is 5.91 Å². The summed E-state index contributed by atoms with van der Waals surface area (Å²) in [7, 11) is 0. The lowest BCUT2D eigenvalue weighted by Crippen LogP contribution is -2.47. The van der Waals surface area contributed by atoms with Gasteiger partial charge in [0.1, 0.15) is 0 Å². The molecule has 1 unspecified atom stereocenters. The third-order valence-corrected chi connectivity index (χ3v) is 1.95. The lowest BCUT2D eigenvalue weighted by atomic mass is 10.3. The molecule has 1 aliphatic heterocycles. The van der Waals surface area contributed by atoms with Crippen LogP contribution >= 0.6 is 0 Å². The lowest BCUT2D eigenvalue weighted by Gasteiger charge is -2.17. The van der Waals surface area contributed by atoms with Crippen LogP contribution in [0.3, 0.4) is 0 Å². The molecule has 12 heavy (non-hydrogen) atoms. The molecule has 5 heteroatoms. The Morgan fingerprint density at radius 1 is 1.33 bits per heavy atom. The molecule has 1 atom stereocenters. The van der Waals surface area contributed by atoms with Crippen molar-refractivity contribution in [2.75, 3.05) is 13.1 Å². The van der Waals surface area contributed by atoms with Gasteiger partial charge in [-0.1, -0.05) is 0 Å². The van der Waals surface area contributed by atoms with Crippen LogP contribution in [0, 0.1) is 0 Å². The van der Waals surface area contributed by atoms with E-state index in [0.717, 1.165) is 12.8 Å². The van der Waals surface area contributed by atoms with Gasteiger partial charge in [-0.2, -0.15) is 0 Å². The van der Waals surface area contributed by atoms with Crippen LogP contribution in [0.15, 0.2) is 0 Å². The number of carbonyl (C=O) groups is 2. The van der Waals surface area contributed by atoms with Gasteiger partial charge in [0.05, 0.1) is 0 Å². The van der Waals surface area contributed by atoms with Gasteiger partial charge in [-0.25, -0.2) is 4.79 Å². The molecule has 0 radical (unpaired) electrons. The molecule has 5 nitrogen and oxygen atoms in total. The zero-order valence-corrected chi connectivity index (χ0v) is 6.69. The van der Waals surface area contributed by atoms with Crippen LogP contribution in [0.2, 0.25) is 0 Å². The van der Waals surface area contributed by atoms with Gasteiger partial charge >= 0.3 is 5.97 Å². The number of nitrogens with two attached hydrogens (primary N) is 1. The Hall–Kier alpha value is -1.10. The van der Waals surface area contributed by atoms with E-state index < -0.39 is 17.9 Å². The number of aliphatic carboxylic acids is 1. The van der Waals surface area contributed by atoms with Crippen molar-refractivity contribution in [2.24, 2.45) is 5.73 Å². The van der Waals surface area contributed by atoms with Crippen molar-refractivity contribution in [1.82, 2.24) is 4.90 Å². The second-order valence-corrected chi connectivity index (χ2v) is 2.85. The van der Waals surface area contributed by atoms with E-state index in [2.05, 4.69) is 0 Å². The molecule has 0 aliphatic carbocycles. The summed E-state index contributed by atoms with van der Waals surface area (Å²) in [5.41, 5.74) is 5.15. The van der Waals surface area contributed by atoms with Crippen LogP contribution in [-0.2, 0) is 9.59 Å². The van der Waals surface area contributed by atoms with Crippen LogP contribution in [-0.4, -0.2) is 41.0 Å². The van der Waals surface area contributed by atoms with Crippen LogP contribution < -0.4 is 5.73 Å². The molecule has 0 saturated carbocycles. The molecule has 1 amide bonds. The topological polar surface area (TPSA) is 83.6 Å². The summed E-state index contributed by atoms with van der Waals surface area (Å²) < 4.78 is 0. The van der Waals surface area contributed by atoms with Crippen molar-refractivity contribution < 1.29 is 14.7 Å². The monoisotopic (exact) mass is 172 g/mol. The minimum atomic E-state index is -1.39. The lowest BCUT2D eigenvalue weighted by molar-refractivity contribution is -0.146. The molecule has 1 fully saturated rings. The molecular formula is C7H12N2O3. The Morgan fingerprint density at radius 3 is 2.25 bits per heavy atom. The summed E-state index contributed by atoms with van der Waals surface area (Å²) in [4.78, 5) is 23.0. The van der Waals surface area contributed by atoms with Crippen molar-refractivity contribution in [3.05, 3.63) is 0 Å². The first-order chi connectivity index (χ1) is 5.63. The van der Waals surface area contributed by atoms with E-state index in [1.165, 1.54) is 4.90 Å². The van der Waals surface area contributed by atoms with Crippen LogP contribution in [0.5, 0.6) is 0 Å². The molecular weight excluding hydrogens is 160 g/mol. The highest BCUT2D eigenvalue weighted by atomic mass is 16.4. The molecule has 1 rings (SSSR count). The molecule has 68 valence electrons. The molecule has 1 heterocycles. The van der Waals surface area contributed by atoms with Gasteiger partial charge in [0.2, 0.25) is 0 Å². The zero-order chi connectivity index (χ0) is 9.14. The fourth-order valence-corrected chi connectivity index (χ4v) is 1.24. The van der Waals surface area contributed by atoms with Crippen LogP contribution in [0.1, 0.15) is 12.8 Å². The number of carboxylic acids is 1. The summed E-state index contributed by atoms with van der Waals surface area (Å²) in [5.74, 6) is -1.73. The number of rotatable bonds is 2. The van der Waals surface area contributed by atoms with Gasteiger partial charge in [0.15, 0.2) is 6.04 Å². The van der Waals surface area contributed by atoms with Gasteiger partial charge in [-0.05, 0) is 12.8 Å². The first kappa shape index (κ1) is 8.99. The first-order valence-corrected chi connectivity index (χ1v) is 3.90.